The molecule has 0 aromatic heterocycles. The molecule has 0 radical (unpaired) electrons. The molecule has 28 heavy (non-hydrogen) atoms. The molecule has 0 spiro atoms. The molecule has 0 atom stereocenters. The Morgan fingerprint density at radius 3 is 1.89 bits per heavy atom. The summed E-state index contributed by atoms with van der Waals surface area (Å²) in [6.07, 6.45) is 0. The van der Waals surface area contributed by atoms with Crippen molar-refractivity contribution in [3.63, 3.8) is 0 Å². The molecule has 1 amide bonds. The molecule has 2 aromatic rings. The van der Waals surface area contributed by atoms with Gasteiger partial charge in [-0.3, -0.25) is 4.79 Å². The Kier molecular flexibility index (Phi) is 7.35. The van der Waals surface area contributed by atoms with E-state index in [9.17, 15) is 4.79 Å². The lowest BCUT2D eigenvalue weighted by Gasteiger charge is -2.21. The minimum atomic E-state index is -0.249. The van der Waals surface area contributed by atoms with E-state index in [-0.39, 0.29) is 17.7 Å². The van der Waals surface area contributed by atoms with E-state index in [0.717, 1.165) is 16.8 Å². The lowest BCUT2D eigenvalue weighted by molar-refractivity contribution is 0.102. The lowest BCUT2D eigenvalue weighted by Crippen LogP contribution is -2.17. The summed E-state index contributed by atoms with van der Waals surface area (Å²) in [5.74, 6) is 1.57. The number of methoxy groups -OCH3 is 3. The number of hydrogen-bond acceptors (Lipinski definition) is 4. The Balaban J connectivity index is 2.58. The Morgan fingerprint density at radius 2 is 1.46 bits per heavy atom. The molecule has 5 nitrogen and oxygen atoms in total. The fourth-order valence-electron chi connectivity index (χ4n) is 3.16. The molecule has 2 aromatic carbocycles. The molecule has 152 valence electrons. The van der Waals surface area contributed by atoms with Gasteiger partial charge in [0.25, 0.3) is 5.91 Å². The van der Waals surface area contributed by atoms with Gasteiger partial charge in [0.15, 0.2) is 11.5 Å². The van der Waals surface area contributed by atoms with Crippen LogP contribution in [0.4, 0.5) is 5.69 Å². The zero-order valence-electron chi connectivity index (χ0n) is 17.5. The van der Waals surface area contributed by atoms with Gasteiger partial charge in [-0.2, -0.15) is 0 Å². The quantitative estimate of drug-likeness (QED) is 0.565. The van der Waals surface area contributed by atoms with Crippen LogP contribution in [-0.2, 0) is 0 Å². The van der Waals surface area contributed by atoms with E-state index in [1.807, 2.05) is 6.07 Å². The number of carbonyl (C=O) groups is 1. The van der Waals surface area contributed by atoms with Crippen molar-refractivity contribution >= 4 is 27.5 Å². The van der Waals surface area contributed by atoms with Crippen LogP contribution in [0.5, 0.6) is 17.2 Å². The highest BCUT2D eigenvalue weighted by atomic mass is 79.9. The maximum absolute atomic E-state index is 13.2. The highest BCUT2D eigenvalue weighted by molar-refractivity contribution is 9.10. The maximum atomic E-state index is 13.2. The standard InChI is InChI=1S/C22H28BrNO4/c1-12(2)14-9-8-10-15(13(3)4)19(14)24-22(25)16-11-17(26-5)20(27-6)21(28-7)18(16)23/h8-13H,1-7H3,(H,24,25). The van der Waals surface area contributed by atoms with Crippen molar-refractivity contribution in [2.24, 2.45) is 0 Å². The van der Waals surface area contributed by atoms with Gasteiger partial charge >= 0.3 is 0 Å². The van der Waals surface area contributed by atoms with Crippen LogP contribution in [0.1, 0.15) is 61.0 Å². The van der Waals surface area contributed by atoms with Crippen molar-refractivity contribution in [2.75, 3.05) is 26.6 Å². The second-order valence-corrected chi connectivity index (χ2v) is 7.87. The summed E-state index contributed by atoms with van der Waals surface area (Å²) >= 11 is 3.48. The molecule has 0 unspecified atom stereocenters. The zero-order chi connectivity index (χ0) is 21.0. The summed E-state index contributed by atoms with van der Waals surface area (Å²) in [5, 5.41) is 3.12. The molecule has 2 rings (SSSR count). The van der Waals surface area contributed by atoms with Crippen molar-refractivity contribution in [3.05, 3.63) is 45.4 Å². The van der Waals surface area contributed by atoms with Gasteiger partial charge in [0.1, 0.15) is 0 Å². The first-order valence-corrected chi connectivity index (χ1v) is 9.98. The van der Waals surface area contributed by atoms with E-state index >= 15 is 0 Å². The molecule has 0 aliphatic heterocycles. The van der Waals surface area contributed by atoms with Crippen LogP contribution in [0, 0.1) is 0 Å². The summed E-state index contributed by atoms with van der Waals surface area (Å²) in [4.78, 5) is 13.2. The van der Waals surface area contributed by atoms with Crippen LogP contribution in [0.3, 0.4) is 0 Å². The molecule has 0 saturated carbocycles. The van der Waals surface area contributed by atoms with E-state index in [1.165, 1.54) is 21.3 Å². The van der Waals surface area contributed by atoms with Crippen LogP contribution in [-0.4, -0.2) is 27.2 Å². The van der Waals surface area contributed by atoms with Crippen molar-refractivity contribution in [1.82, 2.24) is 0 Å². The molecular weight excluding hydrogens is 422 g/mol. The summed E-state index contributed by atoms with van der Waals surface area (Å²) < 4.78 is 16.7. The number of carbonyl (C=O) groups excluding carboxylic acids is 1. The van der Waals surface area contributed by atoms with Crippen LogP contribution in [0.25, 0.3) is 0 Å². The molecule has 0 fully saturated rings. The smallest absolute Gasteiger partial charge is 0.257 e. The van der Waals surface area contributed by atoms with Crippen molar-refractivity contribution in [1.29, 1.82) is 0 Å². The van der Waals surface area contributed by atoms with Gasteiger partial charge in [-0.15, -0.1) is 0 Å². The summed E-state index contributed by atoms with van der Waals surface area (Å²) in [6.45, 7) is 8.46. The van der Waals surface area contributed by atoms with Gasteiger partial charge in [0.05, 0.1) is 31.4 Å². The Labute approximate surface area is 175 Å². The van der Waals surface area contributed by atoms with Crippen molar-refractivity contribution in [3.8, 4) is 17.2 Å². The summed E-state index contributed by atoms with van der Waals surface area (Å²) in [6, 6.07) is 7.79. The highest BCUT2D eigenvalue weighted by Gasteiger charge is 2.24. The molecule has 1 N–H and O–H groups in total. The van der Waals surface area contributed by atoms with Crippen LogP contribution >= 0.6 is 15.9 Å². The number of halogens is 1. The van der Waals surface area contributed by atoms with Gasteiger partial charge in [-0.25, -0.2) is 0 Å². The maximum Gasteiger partial charge on any atom is 0.257 e. The second-order valence-electron chi connectivity index (χ2n) is 7.08. The Hall–Kier alpha value is -2.21. The van der Waals surface area contributed by atoms with Crippen molar-refractivity contribution in [2.45, 2.75) is 39.5 Å². The topological polar surface area (TPSA) is 56.8 Å². The molecule has 0 saturated heterocycles. The van der Waals surface area contributed by atoms with Gasteiger partial charge in [0, 0.05) is 5.69 Å². The number of hydrogen-bond donors (Lipinski definition) is 1. The number of anilines is 1. The van der Waals surface area contributed by atoms with E-state index in [0.29, 0.717) is 27.3 Å². The monoisotopic (exact) mass is 449 g/mol. The number of amides is 1. The van der Waals surface area contributed by atoms with Crippen LogP contribution < -0.4 is 19.5 Å². The van der Waals surface area contributed by atoms with E-state index < -0.39 is 0 Å². The van der Waals surface area contributed by atoms with Crippen LogP contribution in [0.15, 0.2) is 28.7 Å². The molecule has 0 bridgehead atoms. The van der Waals surface area contributed by atoms with Crippen LogP contribution in [0.2, 0.25) is 0 Å². The predicted molar refractivity (Wildman–Crippen MR) is 116 cm³/mol. The number of rotatable bonds is 7. The predicted octanol–water partition coefficient (Wildman–Crippen LogP) is 5.97. The SMILES string of the molecule is COc1cc(C(=O)Nc2c(C(C)C)cccc2C(C)C)c(Br)c(OC)c1OC. The third-order valence-electron chi connectivity index (χ3n) is 4.63. The van der Waals surface area contributed by atoms with Crippen molar-refractivity contribution < 1.29 is 19.0 Å². The van der Waals surface area contributed by atoms with Gasteiger partial charge in [-0.05, 0) is 45.0 Å². The fraction of sp³-hybridized carbons (Fsp3) is 0.409. The first-order valence-electron chi connectivity index (χ1n) is 9.19. The van der Waals surface area contributed by atoms with Gasteiger partial charge in [0.2, 0.25) is 5.75 Å². The Morgan fingerprint density at radius 1 is 0.929 bits per heavy atom. The molecule has 0 aliphatic rings. The minimum Gasteiger partial charge on any atom is -0.493 e. The number of para-hydroxylation sites is 1. The normalized spacial score (nSPS) is 10.9. The first-order chi connectivity index (χ1) is 13.3. The van der Waals surface area contributed by atoms with E-state index in [2.05, 4.69) is 61.1 Å². The third-order valence-corrected chi connectivity index (χ3v) is 5.41. The molecule has 0 heterocycles. The average Bonchev–Trinajstić information content (AvgIpc) is 2.66. The largest absolute Gasteiger partial charge is 0.493 e. The zero-order valence-corrected chi connectivity index (χ0v) is 19.1. The number of ether oxygens (including phenoxy) is 3. The summed E-state index contributed by atoms with van der Waals surface area (Å²) in [5.41, 5.74) is 3.46. The van der Waals surface area contributed by atoms with Gasteiger partial charge in [-0.1, -0.05) is 45.9 Å². The number of benzene rings is 2. The van der Waals surface area contributed by atoms with Gasteiger partial charge < -0.3 is 19.5 Å². The average molecular weight is 450 g/mol. The molecule has 6 heteroatoms. The second kappa shape index (κ2) is 9.32. The van der Waals surface area contributed by atoms with E-state index in [4.69, 9.17) is 14.2 Å². The molecular formula is C22H28BrNO4. The minimum absolute atomic E-state index is 0.249. The third kappa shape index (κ3) is 4.27. The summed E-state index contributed by atoms with van der Waals surface area (Å²) in [7, 11) is 4.58. The van der Waals surface area contributed by atoms with E-state index in [1.54, 1.807) is 6.07 Å². The first kappa shape index (κ1) is 22.1. The number of nitrogens with one attached hydrogen (secondary N) is 1. The lowest BCUT2D eigenvalue weighted by atomic mass is 9.92. The fourth-order valence-corrected chi connectivity index (χ4v) is 3.80. The highest BCUT2D eigenvalue weighted by Crippen LogP contribution is 2.45. The molecule has 0 aliphatic carbocycles. The Bertz CT molecular complexity index is 836.